The number of hydrogen-bond acceptors (Lipinski definition) is 5. The number of rotatable bonds is 7. The third-order valence-corrected chi connectivity index (χ3v) is 5.46. The number of H-pyrrole nitrogens is 1. The zero-order valence-electron chi connectivity index (χ0n) is 18.6. The standard InChI is InChI=1S/C24H24FN5O3/c1-14-19(24(32)28-23-22(14)15(2)29-30(23)3)8-9-20(31)26-12-16-7-10-21(27-13-16)33-18-6-4-5-17(25)11-18/h4-7,10-11,13H,8-9,12H2,1-3H3,(H,26,31)(H,28,32). The van der Waals surface area contributed by atoms with Gasteiger partial charge in [-0.15, -0.1) is 0 Å². The minimum atomic E-state index is -0.389. The van der Waals surface area contributed by atoms with Crippen molar-refractivity contribution >= 4 is 16.9 Å². The number of pyridine rings is 2. The van der Waals surface area contributed by atoms with E-state index in [1.807, 2.05) is 13.8 Å². The number of aromatic nitrogens is 4. The highest BCUT2D eigenvalue weighted by molar-refractivity contribution is 5.83. The summed E-state index contributed by atoms with van der Waals surface area (Å²) in [5, 5.41) is 8.12. The number of carbonyl (C=O) groups excluding carboxylic acids is 1. The summed E-state index contributed by atoms with van der Waals surface area (Å²) in [6, 6.07) is 9.23. The van der Waals surface area contributed by atoms with Crippen molar-refractivity contribution in [2.75, 3.05) is 0 Å². The second-order valence-electron chi connectivity index (χ2n) is 7.83. The number of amides is 1. The van der Waals surface area contributed by atoms with Crippen molar-refractivity contribution < 1.29 is 13.9 Å². The van der Waals surface area contributed by atoms with E-state index in [1.54, 1.807) is 42.2 Å². The summed E-state index contributed by atoms with van der Waals surface area (Å²) >= 11 is 0. The summed E-state index contributed by atoms with van der Waals surface area (Å²) in [7, 11) is 1.78. The van der Waals surface area contributed by atoms with Gasteiger partial charge in [0.25, 0.3) is 5.56 Å². The largest absolute Gasteiger partial charge is 0.439 e. The number of halogens is 1. The molecule has 0 saturated carbocycles. The summed E-state index contributed by atoms with van der Waals surface area (Å²) < 4.78 is 20.4. The smallest absolute Gasteiger partial charge is 0.253 e. The van der Waals surface area contributed by atoms with Gasteiger partial charge in [0, 0.05) is 49.3 Å². The van der Waals surface area contributed by atoms with Gasteiger partial charge in [-0.2, -0.15) is 5.10 Å². The third kappa shape index (κ3) is 4.92. The minimum absolute atomic E-state index is 0.170. The molecule has 8 nitrogen and oxygen atoms in total. The van der Waals surface area contributed by atoms with Gasteiger partial charge >= 0.3 is 0 Å². The summed E-state index contributed by atoms with van der Waals surface area (Å²) in [6.07, 6.45) is 2.10. The van der Waals surface area contributed by atoms with Gasteiger partial charge in [-0.3, -0.25) is 14.3 Å². The fourth-order valence-corrected chi connectivity index (χ4v) is 3.81. The molecule has 33 heavy (non-hydrogen) atoms. The average Bonchev–Trinajstić information content (AvgIpc) is 3.06. The summed E-state index contributed by atoms with van der Waals surface area (Å²) in [5.41, 5.74) is 3.55. The Morgan fingerprint density at radius 3 is 2.79 bits per heavy atom. The molecule has 0 aliphatic carbocycles. The van der Waals surface area contributed by atoms with Crippen molar-refractivity contribution in [1.82, 2.24) is 25.1 Å². The molecule has 4 rings (SSSR count). The lowest BCUT2D eigenvalue weighted by molar-refractivity contribution is -0.121. The highest BCUT2D eigenvalue weighted by Crippen LogP contribution is 2.22. The second kappa shape index (κ2) is 9.23. The van der Waals surface area contributed by atoms with Crippen molar-refractivity contribution in [3.05, 3.63) is 81.2 Å². The van der Waals surface area contributed by atoms with Gasteiger partial charge < -0.3 is 15.0 Å². The number of aromatic amines is 1. The molecule has 170 valence electrons. The number of ether oxygens (including phenoxy) is 1. The Labute approximate surface area is 189 Å². The highest BCUT2D eigenvalue weighted by atomic mass is 19.1. The van der Waals surface area contributed by atoms with Crippen LogP contribution in [0.4, 0.5) is 4.39 Å². The highest BCUT2D eigenvalue weighted by Gasteiger charge is 2.16. The van der Waals surface area contributed by atoms with Gasteiger partial charge in [0.15, 0.2) is 0 Å². The van der Waals surface area contributed by atoms with E-state index in [4.69, 9.17) is 4.74 Å². The normalized spacial score (nSPS) is 11.0. The van der Waals surface area contributed by atoms with Crippen LogP contribution in [0.3, 0.4) is 0 Å². The molecule has 0 aliphatic heterocycles. The third-order valence-electron chi connectivity index (χ3n) is 5.46. The topological polar surface area (TPSA) is 102 Å². The van der Waals surface area contributed by atoms with Crippen LogP contribution >= 0.6 is 0 Å². The van der Waals surface area contributed by atoms with Crippen LogP contribution in [-0.2, 0) is 24.8 Å². The number of fused-ring (bicyclic) bond motifs is 1. The zero-order valence-corrected chi connectivity index (χ0v) is 18.6. The Morgan fingerprint density at radius 2 is 2.06 bits per heavy atom. The number of hydrogen-bond donors (Lipinski definition) is 2. The van der Waals surface area contributed by atoms with Crippen molar-refractivity contribution in [3.63, 3.8) is 0 Å². The van der Waals surface area contributed by atoms with E-state index < -0.39 is 0 Å². The quantitative estimate of drug-likeness (QED) is 0.450. The van der Waals surface area contributed by atoms with E-state index in [1.165, 1.54) is 12.1 Å². The molecule has 0 atom stereocenters. The first-order valence-corrected chi connectivity index (χ1v) is 10.5. The molecule has 2 N–H and O–H groups in total. The zero-order chi connectivity index (χ0) is 23.5. The lowest BCUT2D eigenvalue weighted by Crippen LogP contribution is -2.25. The van der Waals surface area contributed by atoms with Gasteiger partial charge in [0.05, 0.1) is 5.69 Å². The Morgan fingerprint density at radius 1 is 1.24 bits per heavy atom. The number of benzene rings is 1. The van der Waals surface area contributed by atoms with E-state index in [0.717, 1.165) is 22.2 Å². The Kier molecular flexibility index (Phi) is 6.21. The number of nitrogens with zero attached hydrogens (tertiary/aromatic N) is 3. The van der Waals surface area contributed by atoms with E-state index in [2.05, 4.69) is 20.4 Å². The first-order valence-electron chi connectivity index (χ1n) is 10.5. The first kappa shape index (κ1) is 22.2. The van der Waals surface area contributed by atoms with Crippen LogP contribution < -0.4 is 15.6 Å². The van der Waals surface area contributed by atoms with Gasteiger partial charge in [-0.25, -0.2) is 9.37 Å². The van der Waals surface area contributed by atoms with Crippen LogP contribution in [0.15, 0.2) is 47.4 Å². The molecule has 0 spiro atoms. The maximum atomic E-state index is 13.2. The monoisotopic (exact) mass is 449 g/mol. The van der Waals surface area contributed by atoms with Crippen LogP contribution in [0, 0.1) is 19.7 Å². The summed E-state index contributed by atoms with van der Waals surface area (Å²) in [6.45, 7) is 4.08. The molecule has 1 amide bonds. The van der Waals surface area contributed by atoms with Gasteiger partial charge in [-0.05, 0) is 43.5 Å². The first-order chi connectivity index (χ1) is 15.8. The fourth-order valence-electron chi connectivity index (χ4n) is 3.81. The predicted octanol–water partition coefficient (Wildman–Crippen LogP) is 3.45. The van der Waals surface area contributed by atoms with Crippen molar-refractivity contribution in [1.29, 1.82) is 0 Å². The molecular formula is C24H24FN5O3. The van der Waals surface area contributed by atoms with E-state index in [-0.39, 0.29) is 23.7 Å². The molecule has 3 aromatic heterocycles. The lowest BCUT2D eigenvalue weighted by Gasteiger charge is -2.09. The van der Waals surface area contributed by atoms with Crippen LogP contribution in [0.1, 0.15) is 28.8 Å². The molecule has 0 radical (unpaired) electrons. The molecule has 0 unspecified atom stereocenters. The van der Waals surface area contributed by atoms with Gasteiger partial charge in [0.1, 0.15) is 17.2 Å². The molecule has 0 fully saturated rings. The van der Waals surface area contributed by atoms with E-state index in [9.17, 15) is 14.0 Å². The van der Waals surface area contributed by atoms with Crippen molar-refractivity contribution in [3.8, 4) is 11.6 Å². The number of carbonyl (C=O) groups is 1. The fraction of sp³-hybridized carbons (Fsp3) is 0.250. The van der Waals surface area contributed by atoms with Crippen LogP contribution in [-0.4, -0.2) is 25.7 Å². The Balaban J connectivity index is 1.33. The van der Waals surface area contributed by atoms with Crippen LogP contribution in [0.5, 0.6) is 11.6 Å². The van der Waals surface area contributed by atoms with Crippen LogP contribution in [0.2, 0.25) is 0 Å². The van der Waals surface area contributed by atoms with Crippen LogP contribution in [0.25, 0.3) is 11.0 Å². The number of aryl methyl sites for hydroxylation is 3. The molecule has 3 heterocycles. The van der Waals surface area contributed by atoms with Crippen molar-refractivity contribution in [2.45, 2.75) is 33.2 Å². The molecule has 0 saturated heterocycles. The molecule has 1 aromatic carbocycles. The maximum Gasteiger partial charge on any atom is 0.253 e. The maximum absolute atomic E-state index is 13.2. The van der Waals surface area contributed by atoms with E-state index >= 15 is 0 Å². The SMILES string of the molecule is Cc1nn(C)c2[nH]c(=O)c(CCC(=O)NCc3ccc(Oc4cccc(F)c4)nc3)c(C)c12. The molecule has 0 bridgehead atoms. The molecule has 9 heteroatoms. The molecule has 4 aromatic rings. The second-order valence-corrected chi connectivity index (χ2v) is 7.83. The van der Waals surface area contributed by atoms with E-state index in [0.29, 0.717) is 35.8 Å². The Hall–Kier alpha value is -4.01. The van der Waals surface area contributed by atoms with Crippen molar-refractivity contribution in [2.24, 2.45) is 7.05 Å². The average molecular weight is 449 g/mol. The van der Waals surface area contributed by atoms with Gasteiger partial charge in [-0.1, -0.05) is 12.1 Å². The lowest BCUT2D eigenvalue weighted by atomic mass is 10.0. The summed E-state index contributed by atoms with van der Waals surface area (Å²) in [4.78, 5) is 31.9. The minimum Gasteiger partial charge on any atom is -0.439 e. The Bertz CT molecular complexity index is 1380. The number of nitrogens with one attached hydrogen (secondary N) is 2. The molecule has 0 aliphatic rings. The predicted molar refractivity (Wildman–Crippen MR) is 122 cm³/mol. The summed E-state index contributed by atoms with van der Waals surface area (Å²) in [5.74, 6) is 0.122. The molecular weight excluding hydrogens is 425 g/mol. The van der Waals surface area contributed by atoms with Gasteiger partial charge in [0.2, 0.25) is 11.8 Å².